The molecule has 2 aromatic carbocycles. The zero-order valence-corrected chi connectivity index (χ0v) is 19.5. The van der Waals surface area contributed by atoms with Gasteiger partial charge in [-0.05, 0) is 55.2 Å². The second-order valence-corrected chi connectivity index (χ2v) is 10.4. The third kappa shape index (κ3) is 5.22. The summed E-state index contributed by atoms with van der Waals surface area (Å²) in [4.78, 5) is 12.5. The average Bonchev–Trinajstić information content (AvgIpc) is 2.82. The van der Waals surface area contributed by atoms with Crippen molar-refractivity contribution in [3.63, 3.8) is 0 Å². The van der Waals surface area contributed by atoms with Crippen LogP contribution < -0.4 is 9.04 Å². The maximum Gasteiger partial charge on any atom is 0.407 e. The number of nitrogens with zero attached hydrogens (tertiary/aromatic N) is 1. The molecule has 2 aromatic rings. The number of sulfonamides is 1. The first-order chi connectivity index (χ1) is 16.1. The van der Waals surface area contributed by atoms with Crippen LogP contribution in [-0.4, -0.2) is 46.2 Å². The average molecular weight is 498 g/mol. The second kappa shape index (κ2) is 9.58. The number of ether oxygens (including phenoxy) is 2. The first-order valence-electron chi connectivity index (χ1n) is 11.2. The second-order valence-electron chi connectivity index (χ2n) is 8.54. The normalized spacial score (nSPS) is 19.4. The van der Waals surface area contributed by atoms with Crippen LogP contribution in [0.5, 0.6) is 5.75 Å². The number of Topliss-reactive ketones (excluding diaryl/α,β-unsaturated/α-hetero) is 1. The van der Waals surface area contributed by atoms with E-state index in [4.69, 9.17) is 9.47 Å². The van der Waals surface area contributed by atoms with Crippen molar-refractivity contribution in [3.8, 4) is 5.75 Å². The highest BCUT2D eigenvalue weighted by molar-refractivity contribution is 7.92. The quantitative estimate of drug-likeness (QED) is 0.575. The van der Waals surface area contributed by atoms with Crippen LogP contribution in [-0.2, 0) is 21.2 Å². The molecular weight excluding hydrogens is 471 g/mol. The van der Waals surface area contributed by atoms with E-state index in [9.17, 15) is 26.4 Å². The summed E-state index contributed by atoms with van der Waals surface area (Å²) in [5.41, 5.74) is 0.829. The lowest BCUT2D eigenvalue weighted by Gasteiger charge is -2.34. The summed E-state index contributed by atoms with van der Waals surface area (Å²) in [6, 6.07) is 9.57. The Bertz CT molecular complexity index is 1140. The van der Waals surface area contributed by atoms with Gasteiger partial charge in [0.15, 0.2) is 5.78 Å². The number of hydrogen-bond donors (Lipinski definition) is 0. The van der Waals surface area contributed by atoms with Crippen molar-refractivity contribution in [3.05, 3.63) is 53.6 Å². The summed E-state index contributed by atoms with van der Waals surface area (Å²) in [6.07, 6.45) is -2.81. The number of ketones is 1. The van der Waals surface area contributed by atoms with Crippen LogP contribution in [0.3, 0.4) is 0 Å². The van der Waals surface area contributed by atoms with Crippen LogP contribution in [0.4, 0.5) is 18.9 Å². The molecule has 184 valence electrons. The van der Waals surface area contributed by atoms with E-state index in [1.54, 1.807) is 12.1 Å². The molecule has 6 nitrogen and oxygen atoms in total. The van der Waals surface area contributed by atoms with E-state index >= 15 is 0 Å². The van der Waals surface area contributed by atoms with Crippen LogP contribution >= 0.6 is 0 Å². The van der Waals surface area contributed by atoms with E-state index in [1.165, 1.54) is 24.3 Å². The third-order valence-corrected chi connectivity index (χ3v) is 8.02. The number of fused-ring (bicyclic) bond motifs is 1. The van der Waals surface area contributed by atoms with E-state index < -0.39 is 27.6 Å². The predicted molar refractivity (Wildman–Crippen MR) is 120 cm³/mol. The standard InChI is InChI=1S/C24H26F3NO5S/c1-2-16-3-5-18(6-4-16)28(15-24(25,26)27)34(30,31)19-7-8-22-20(13-19)21(29)14-23(33-22)17-9-11-32-12-10-17/h3-8,13,17,23H,2,9-12,14-15H2,1H3. The fraction of sp³-hybridized carbons (Fsp3) is 0.458. The van der Waals surface area contributed by atoms with Gasteiger partial charge in [-0.25, -0.2) is 8.42 Å². The van der Waals surface area contributed by atoms with Gasteiger partial charge in [-0.3, -0.25) is 9.10 Å². The largest absolute Gasteiger partial charge is 0.489 e. The Morgan fingerprint density at radius 3 is 2.35 bits per heavy atom. The highest BCUT2D eigenvalue weighted by Gasteiger charge is 2.39. The molecule has 2 aliphatic heterocycles. The fourth-order valence-electron chi connectivity index (χ4n) is 4.34. The van der Waals surface area contributed by atoms with Crippen LogP contribution in [0.1, 0.15) is 42.1 Å². The monoisotopic (exact) mass is 497 g/mol. The Balaban J connectivity index is 1.66. The van der Waals surface area contributed by atoms with E-state index in [0.717, 1.165) is 24.5 Å². The van der Waals surface area contributed by atoms with Crippen molar-refractivity contribution in [2.24, 2.45) is 5.92 Å². The molecular formula is C24H26F3NO5S. The van der Waals surface area contributed by atoms with Crippen LogP contribution in [0.2, 0.25) is 0 Å². The number of anilines is 1. The van der Waals surface area contributed by atoms with Crippen molar-refractivity contribution < 1.29 is 35.9 Å². The van der Waals surface area contributed by atoms with E-state index in [2.05, 4.69) is 0 Å². The maximum atomic E-state index is 13.3. The number of halogens is 3. The van der Waals surface area contributed by atoms with Gasteiger partial charge in [-0.15, -0.1) is 0 Å². The summed E-state index contributed by atoms with van der Waals surface area (Å²) in [5.74, 6) is 0.119. The fourth-order valence-corrected chi connectivity index (χ4v) is 5.82. The number of benzene rings is 2. The molecule has 1 unspecified atom stereocenters. The van der Waals surface area contributed by atoms with Gasteiger partial charge >= 0.3 is 6.18 Å². The van der Waals surface area contributed by atoms with E-state index in [1.807, 2.05) is 6.92 Å². The number of hydrogen-bond acceptors (Lipinski definition) is 5. The van der Waals surface area contributed by atoms with Crippen molar-refractivity contribution in [2.75, 3.05) is 24.1 Å². The SMILES string of the molecule is CCc1ccc(N(CC(F)(F)F)S(=O)(=O)c2ccc3c(c2)C(=O)CC(C2CCOCC2)O3)cc1. The molecule has 0 spiro atoms. The molecule has 0 aliphatic carbocycles. The van der Waals surface area contributed by atoms with Gasteiger partial charge in [0.1, 0.15) is 18.4 Å². The lowest BCUT2D eigenvalue weighted by Crippen LogP contribution is -2.39. The first-order valence-corrected chi connectivity index (χ1v) is 12.6. The summed E-state index contributed by atoms with van der Waals surface area (Å²) in [5, 5.41) is 0. The summed E-state index contributed by atoms with van der Waals surface area (Å²) in [7, 11) is -4.61. The van der Waals surface area contributed by atoms with Crippen molar-refractivity contribution in [1.82, 2.24) is 0 Å². The number of alkyl halides is 3. The minimum Gasteiger partial charge on any atom is -0.489 e. The minimum atomic E-state index is -4.76. The smallest absolute Gasteiger partial charge is 0.407 e. The molecule has 34 heavy (non-hydrogen) atoms. The lowest BCUT2D eigenvalue weighted by molar-refractivity contribution is -0.117. The zero-order valence-electron chi connectivity index (χ0n) is 18.7. The molecule has 1 fully saturated rings. The van der Waals surface area contributed by atoms with E-state index in [-0.39, 0.29) is 41.2 Å². The molecule has 0 saturated carbocycles. The lowest BCUT2D eigenvalue weighted by atomic mass is 9.87. The Kier molecular flexibility index (Phi) is 6.91. The molecule has 10 heteroatoms. The zero-order chi connectivity index (χ0) is 24.5. The van der Waals surface area contributed by atoms with Crippen LogP contribution in [0.15, 0.2) is 47.4 Å². The molecule has 0 bridgehead atoms. The van der Waals surface area contributed by atoms with Crippen molar-refractivity contribution in [2.45, 2.75) is 49.8 Å². The molecule has 0 radical (unpaired) electrons. The number of rotatable bonds is 6. The Morgan fingerprint density at radius 1 is 1.06 bits per heavy atom. The van der Waals surface area contributed by atoms with Gasteiger partial charge in [0.2, 0.25) is 0 Å². The van der Waals surface area contributed by atoms with Gasteiger partial charge in [-0.2, -0.15) is 13.2 Å². The Labute approximate surface area is 196 Å². The summed E-state index contributed by atoms with van der Waals surface area (Å²) in [6.45, 7) is 1.39. The van der Waals surface area contributed by atoms with Crippen LogP contribution in [0.25, 0.3) is 0 Å². The van der Waals surface area contributed by atoms with Gasteiger partial charge in [0.25, 0.3) is 10.0 Å². The topological polar surface area (TPSA) is 72.9 Å². The molecule has 0 N–H and O–H groups in total. The van der Waals surface area contributed by atoms with Gasteiger partial charge < -0.3 is 9.47 Å². The number of aryl methyl sites for hydroxylation is 1. The molecule has 1 saturated heterocycles. The molecule has 4 rings (SSSR count). The summed E-state index contributed by atoms with van der Waals surface area (Å²) >= 11 is 0. The molecule has 0 aromatic heterocycles. The van der Waals surface area contributed by atoms with Gasteiger partial charge in [-0.1, -0.05) is 19.1 Å². The number of carbonyl (C=O) groups excluding carboxylic acids is 1. The van der Waals surface area contributed by atoms with Gasteiger partial charge in [0, 0.05) is 25.6 Å². The predicted octanol–water partition coefficient (Wildman–Crippen LogP) is 4.77. The molecule has 2 heterocycles. The maximum absolute atomic E-state index is 13.3. The first kappa shape index (κ1) is 24.5. The van der Waals surface area contributed by atoms with Crippen LogP contribution in [0, 0.1) is 5.92 Å². The molecule has 1 atom stereocenters. The van der Waals surface area contributed by atoms with Crippen molar-refractivity contribution >= 4 is 21.5 Å². The third-order valence-electron chi connectivity index (χ3n) is 6.25. The molecule has 2 aliphatic rings. The minimum absolute atomic E-state index is 0.0673. The highest BCUT2D eigenvalue weighted by Crippen LogP contribution is 2.36. The van der Waals surface area contributed by atoms with Gasteiger partial charge in [0.05, 0.1) is 16.1 Å². The highest BCUT2D eigenvalue weighted by atomic mass is 32.2. The Morgan fingerprint density at radius 2 is 1.74 bits per heavy atom. The van der Waals surface area contributed by atoms with Crippen molar-refractivity contribution in [1.29, 1.82) is 0 Å². The molecule has 0 amide bonds. The number of carbonyl (C=O) groups is 1. The van der Waals surface area contributed by atoms with E-state index in [0.29, 0.717) is 23.9 Å². The summed E-state index contributed by atoms with van der Waals surface area (Å²) < 4.78 is 78.4. The Hall–Kier alpha value is -2.59.